The first-order valence-electron chi connectivity index (χ1n) is 10.1. The van der Waals surface area contributed by atoms with Crippen LogP contribution in [0.4, 0.5) is 0 Å². The summed E-state index contributed by atoms with van der Waals surface area (Å²) < 4.78 is 0. The van der Waals surface area contributed by atoms with Gasteiger partial charge in [-0.1, -0.05) is 37.3 Å². The van der Waals surface area contributed by atoms with Crippen LogP contribution in [-0.4, -0.2) is 56.3 Å². The second-order valence-corrected chi connectivity index (χ2v) is 7.46. The maximum atomic E-state index is 13.2. The Morgan fingerprint density at radius 2 is 1.96 bits per heavy atom. The predicted molar refractivity (Wildman–Crippen MR) is 110 cm³/mol. The van der Waals surface area contributed by atoms with Crippen LogP contribution in [0.25, 0.3) is 11.2 Å². The Labute approximate surface area is 165 Å². The van der Waals surface area contributed by atoms with Crippen LogP contribution in [0.1, 0.15) is 42.2 Å². The molecule has 6 heteroatoms. The summed E-state index contributed by atoms with van der Waals surface area (Å²) in [6.07, 6.45) is 4.56. The number of nitrogens with zero attached hydrogens (tertiary/aromatic N) is 4. The number of nitrogens with one attached hydrogen (secondary N) is 1. The van der Waals surface area contributed by atoms with Gasteiger partial charge in [-0.3, -0.25) is 9.69 Å². The Bertz CT molecular complexity index is 915. The molecule has 6 nitrogen and oxygen atoms in total. The molecule has 4 rings (SSSR count). The lowest BCUT2D eigenvalue weighted by Crippen LogP contribution is -2.47. The van der Waals surface area contributed by atoms with Crippen molar-refractivity contribution in [3.8, 4) is 0 Å². The normalized spacial score (nSPS) is 15.8. The molecule has 0 aliphatic carbocycles. The molecule has 0 saturated carbocycles. The number of rotatable bonds is 6. The van der Waals surface area contributed by atoms with Gasteiger partial charge in [-0.2, -0.15) is 0 Å². The number of carbonyl (C=O) groups is 1. The number of H-pyrrole nitrogens is 1. The van der Waals surface area contributed by atoms with E-state index in [0.29, 0.717) is 11.3 Å². The summed E-state index contributed by atoms with van der Waals surface area (Å²) in [5.41, 5.74) is 3.28. The molecule has 0 radical (unpaired) electrons. The zero-order valence-electron chi connectivity index (χ0n) is 16.3. The topological polar surface area (TPSA) is 65.1 Å². The fourth-order valence-electron chi connectivity index (χ4n) is 4.01. The third-order valence-electron chi connectivity index (χ3n) is 5.47. The summed E-state index contributed by atoms with van der Waals surface area (Å²) in [6.45, 7) is 5.89. The highest BCUT2D eigenvalue weighted by Crippen LogP contribution is 2.21. The van der Waals surface area contributed by atoms with E-state index >= 15 is 0 Å². The number of hydrogen-bond donors (Lipinski definition) is 1. The molecule has 1 aliphatic rings. The first-order valence-corrected chi connectivity index (χ1v) is 10.1. The number of aromatic nitrogens is 3. The number of carbonyl (C=O) groups excluding carboxylic acids is 1. The summed E-state index contributed by atoms with van der Waals surface area (Å²) in [5.74, 6) is 0.0215. The van der Waals surface area contributed by atoms with Crippen molar-refractivity contribution in [1.82, 2.24) is 24.8 Å². The maximum absolute atomic E-state index is 13.2. The van der Waals surface area contributed by atoms with Gasteiger partial charge in [-0.25, -0.2) is 9.97 Å². The van der Waals surface area contributed by atoms with Crippen molar-refractivity contribution in [2.75, 3.05) is 19.6 Å². The molecule has 1 saturated heterocycles. The van der Waals surface area contributed by atoms with Gasteiger partial charge >= 0.3 is 0 Å². The van der Waals surface area contributed by atoms with Gasteiger partial charge in [0.15, 0.2) is 5.65 Å². The van der Waals surface area contributed by atoms with E-state index in [2.05, 4.69) is 57.1 Å². The number of amides is 1. The van der Waals surface area contributed by atoms with Gasteiger partial charge in [-0.15, -0.1) is 0 Å². The third kappa shape index (κ3) is 4.07. The van der Waals surface area contributed by atoms with Crippen LogP contribution in [0, 0.1) is 0 Å². The minimum Gasteiger partial charge on any atom is -0.343 e. The van der Waals surface area contributed by atoms with Gasteiger partial charge in [0.25, 0.3) is 5.91 Å². The molecule has 0 atom stereocenters. The van der Waals surface area contributed by atoms with Gasteiger partial charge in [-0.05, 0) is 37.0 Å². The van der Waals surface area contributed by atoms with Crippen LogP contribution in [-0.2, 0) is 6.54 Å². The highest BCUT2D eigenvalue weighted by Gasteiger charge is 2.28. The summed E-state index contributed by atoms with van der Waals surface area (Å²) in [5, 5.41) is 0. The summed E-state index contributed by atoms with van der Waals surface area (Å²) in [6, 6.07) is 14.5. The fraction of sp³-hybridized carbons (Fsp3) is 0.409. The molecule has 1 aliphatic heterocycles. The molecular formula is C22H27N5O. The summed E-state index contributed by atoms with van der Waals surface area (Å²) >= 11 is 0. The van der Waals surface area contributed by atoms with Crippen LogP contribution in [0.15, 0.2) is 48.8 Å². The Balaban J connectivity index is 1.42. The van der Waals surface area contributed by atoms with Crippen LogP contribution in [0.2, 0.25) is 0 Å². The molecule has 1 fully saturated rings. The number of likely N-dealkylation sites (tertiary alicyclic amines) is 1. The first-order chi connectivity index (χ1) is 13.7. The molecule has 1 N–H and O–H groups in total. The van der Waals surface area contributed by atoms with Crippen LogP contribution in [0.3, 0.4) is 0 Å². The van der Waals surface area contributed by atoms with Gasteiger partial charge in [0.05, 0.1) is 11.8 Å². The zero-order chi connectivity index (χ0) is 19.3. The van der Waals surface area contributed by atoms with Crippen molar-refractivity contribution >= 4 is 17.1 Å². The van der Waals surface area contributed by atoms with E-state index in [1.165, 1.54) is 5.56 Å². The molecule has 0 spiro atoms. The Kier molecular flexibility index (Phi) is 5.67. The molecule has 28 heavy (non-hydrogen) atoms. The maximum Gasteiger partial charge on any atom is 0.272 e. The fourth-order valence-corrected chi connectivity index (χ4v) is 4.01. The van der Waals surface area contributed by atoms with Crippen molar-refractivity contribution in [2.45, 2.75) is 38.8 Å². The van der Waals surface area contributed by atoms with Crippen LogP contribution in [0.5, 0.6) is 0 Å². The monoisotopic (exact) mass is 377 g/mol. The highest BCUT2D eigenvalue weighted by atomic mass is 16.2. The molecule has 146 valence electrons. The van der Waals surface area contributed by atoms with Crippen LogP contribution < -0.4 is 0 Å². The second kappa shape index (κ2) is 8.52. The smallest absolute Gasteiger partial charge is 0.272 e. The number of piperidine rings is 1. The van der Waals surface area contributed by atoms with E-state index in [9.17, 15) is 4.79 Å². The van der Waals surface area contributed by atoms with E-state index in [0.717, 1.165) is 51.0 Å². The lowest BCUT2D eigenvalue weighted by Gasteiger charge is -2.38. The lowest BCUT2D eigenvalue weighted by atomic mass is 10.0. The SMILES string of the molecule is CCCN(C(=O)c1ccc2[nH]cnc2n1)C1CCN(Cc2ccccc2)CC1. The Hall–Kier alpha value is -2.73. The standard InChI is InChI=1S/C22H27N5O/c1-2-12-27(22(28)20-9-8-19-21(25-20)24-16-23-19)18-10-13-26(14-11-18)15-17-6-4-3-5-7-17/h3-9,16,18H,2,10-15H2,1H3,(H,23,24,25). The Morgan fingerprint density at radius 3 is 2.71 bits per heavy atom. The largest absolute Gasteiger partial charge is 0.343 e. The van der Waals surface area contributed by atoms with Crippen molar-refractivity contribution in [3.05, 3.63) is 60.0 Å². The van der Waals surface area contributed by atoms with Crippen molar-refractivity contribution in [1.29, 1.82) is 0 Å². The average molecular weight is 377 g/mol. The van der Waals surface area contributed by atoms with Gasteiger partial charge in [0.2, 0.25) is 0 Å². The number of hydrogen-bond acceptors (Lipinski definition) is 4. The minimum atomic E-state index is 0.0215. The first kappa shape index (κ1) is 18.6. The van der Waals surface area contributed by atoms with E-state index < -0.39 is 0 Å². The summed E-state index contributed by atoms with van der Waals surface area (Å²) in [7, 11) is 0. The second-order valence-electron chi connectivity index (χ2n) is 7.46. The third-order valence-corrected chi connectivity index (χ3v) is 5.47. The number of fused-ring (bicyclic) bond motifs is 1. The number of benzene rings is 1. The highest BCUT2D eigenvalue weighted by molar-refractivity contribution is 5.94. The van der Waals surface area contributed by atoms with E-state index in [1.807, 2.05) is 11.0 Å². The molecule has 0 unspecified atom stereocenters. The molecule has 0 bridgehead atoms. The molecule has 3 aromatic rings. The Morgan fingerprint density at radius 1 is 1.18 bits per heavy atom. The van der Waals surface area contributed by atoms with Gasteiger partial charge in [0.1, 0.15) is 5.69 Å². The number of imidazole rings is 1. The molecular weight excluding hydrogens is 350 g/mol. The van der Waals surface area contributed by atoms with Gasteiger partial charge in [0, 0.05) is 32.2 Å². The summed E-state index contributed by atoms with van der Waals surface area (Å²) in [4.78, 5) is 29.4. The minimum absolute atomic E-state index is 0.0215. The number of aromatic amines is 1. The molecule has 1 amide bonds. The molecule has 1 aromatic carbocycles. The number of pyridine rings is 1. The predicted octanol–water partition coefficient (Wildman–Crippen LogP) is 3.47. The quantitative estimate of drug-likeness (QED) is 0.714. The molecule has 3 heterocycles. The van der Waals surface area contributed by atoms with Crippen molar-refractivity contribution in [3.63, 3.8) is 0 Å². The van der Waals surface area contributed by atoms with Crippen LogP contribution >= 0.6 is 0 Å². The van der Waals surface area contributed by atoms with Crippen molar-refractivity contribution < 1.29 is 4.79 Å². The van der Waals surface area contributed by atoms with E-state index in [-0.39, 0.29) is 11.9 Å². The molecule has 2 aromatic heterocycles. The van der Waals surface area contributed by atoms with E-state index in [1.54, 1.807) is 12.4 Å². The lowest BCUT2D eigenvalue weighted by molar-refractivity contribution is 0.0560. The average Bonchev–Trinajstić information content (AvgIpc) is 3.21. The van der Waals surface area contributed by atoms with E-state index in [4.69, 9.17) is 0 Å². The van der Waals surface area contributed by atoms with Crippen molar-refractivity contribution in [2.24, 2.45) is 0 Å². The van der Waals surface area contributed by atoms with Gasteiger partial charge < -0.3 is 9.88 Å². The zero-order valence-corrected chi connectivity index (χ0v) is 16.3.